The van der Waals surface area contributed by atoms with E-state index in [-0.39, 0.29) is 5.41 Å². The fourth-order valence-electron chi connectivity index (χ4n) is 3.00. The molecule has 0 spiro atoms. The molecule has 0 unspecified atom stereocenters. The summed E-state index contributed by atoms with van der Waals surface area (Å²) in [6.45, 7) is 5.97. The highest BCUT2D eigenvalue weighted by atomic mass is 16.5. The van der Waals surface area contributed by atoms with E-state index in [2.05, 4.69) is 47.8 Å². The Bertz CT molecular complexity index is 837. The molecule has 0 aliphatic heterocycles. The first-order chi connectivity index (χ1) is 10.9. The van der Waals surface area contributed by atoms with Gasteiger partial charge in [0.25, 0.3) is 0 Å². The molecule has 3 rings (SSSR count). The van der Waals surface area contributed by atoms with Crippen LogP contribution in [0.4, 0.5) is 5.82 Å². The van der Waals surface area contributed by atoms with Gasteiger partial charge in [0.05, 0.1) is 23.7 Å². The summed E-state index contributed by atoms with van der Waals surface area (Å²) >= 11 is 0. The first-order valence-electron chi connectivity index (χ1n) is 7.65. The van der Waals surface area contributed by atoms with Crippen molar-refractivity contribution in [1.82, 2.24) is 19.9 Å². The molecule has 122 valence electrons. The van der Waals surface area contributed by atoms with E-state index in [1.165, 1.54) is 0 Å². The van der Waals surface area contributed by atoms with Crippen LogP contribution in [-0.4, -0.2) is 47.1 Å². The smallest absolute Gasteiger partial charge is 0.142 e. The van der Waals surface area contributed by atoms with Crippen LogP contribution >= 0.6 is 0 Å². The van der Waals surface area contributed by atoms with E-state index >= 15 is 0 Å². The molecule has 6 nitrogen and oxygen atoms in total. The van der Waals surface area contributed by atoms with Crippen LogP contribution < -0.4 is 10.5 Å². The SMILES string of the molecule is CN(C)CC(C)(C)COc1ccnc2[nH]c3cnc(N)cc3c12. The third kappa shape index (κ3) is 3.22. The van der Waals surface area contributed by atoms with Gasteiger partial charge >= 0.3 is 0 Å². The fourth-order valence-corrected chi connectivity index (χ4v) is 3.00. The number of pyridine rings is 2. The molecule has 0 saturated carbocycles. The summed E-state index contributed by atoms with van der Waals surface area (Å²) in [5.41, 5.74) is 7.57. The molecule has 3 heterocycles. The maximum Gasteiger partial charge on any atom is 0.142 e. The fraction of sp³-hybridized carbons (Fsp3) is 0.412. The number of H-pyrrole nitrogens is 1. The Morgan fingerprint density at radius 1 is 1.30 bits per heavy atom. The van der Waals surface area contributed by atoms with Crippen LogP contribution in [0.5, 0.6) is 5.75 Å². The molecule has 0 saturated heterocycles. The minimum absolute atomic E-state index is 0.0474. The van der Waals surface area contributed by atoms with E-state index in [4.69, 9.17) is 10.5 Å². The number of rotatable bonds is 5. The van der Waals surface area contributed by atoms with Crippen molar-refractivity contribution < 1.29 is 4.74 Å². The minimum atomic E-state index is 0.0474. The number of ether oxygens (including phenoxy) is 1. The molecule has 0 radical (unpaired) electrons. The second-order valence-corrected chi connectivity index (χ2v) is 7.00. The molecule has 6 heteroatoms. The monoisotopic (exact) mass is 313 g/mol. The number of nitrogen functional groups attached to an aromatic ring is 1. The normalized spacial score (nSPS) is 12.4. The van der Waals surface area contributed by atoms with Crippen molar-refractivity contribution in [3.8, 4) is 5.75 Å². The van der Waals surface area contributed by atoms with Gasteiger partial charge in [0.2, 0.25) is 0 Å². The second kappa shape index (κ2) is 5.70. The number of anilines is 1. The van der Waals surface area contributed by atoms with Crippen LogP contribution in [0.1, 0.15) is 13.8 Å². The molecule has 0 fully saturated rings. The van der Waals surface area contributed by atoms with Crippen LogP contribution in [0.3, 0.4) is 0 Å². The molecule has 0 aliphatic rings. The van der Waals surface area contributed by atoms with Gasteiger partial charge in [0, 0.05) is 23.5 Å². The van der Waals surface area contributed by atoms with Gasteiger partial charge in [-0.2, -0.15) is 0 Å². The lowest BCUT2D eigenvalue weighted by molar-refractivity contribution is 0.142. The average molecular weight is 313 g/mol. The first kappa shape index (κ1) is 15.6. The Kier molecular flexibility index (Phi) is 3.85. The zero-order chi connectivity index (χ0) is 16.6. The molecule has 0 aromatic carbocycles. The number of fused-ring (bicyclic) bond motifs is 3. The van der Waals surface area contributed by atoms with Crippen LogP contribution in [0.2, 0.25) is 0 Å². The number of aromatic nitrogens is 3. The highest BCUT2D eigenvalue weighted by Gasteiger charge is 2.21. The molecule has 0 bridgehead atoms. The van der Waals surface area contributed by atoms with Gasteiger partial charge in [-0.15, -0.1) is 0 Å². The topological polar surface area (TPSA) is 80.1 Å². The first-order valence-corrected chi connectivity index (χ1v) is 7.65. The molecule has 0 amide bonds. The Balaban J connectivity index is 1.98. The molecular weight excluding hydrogens is 290 g/mol. The van der Waals surface area contributed by atoms with Crippen LogP contribution in [0, 0.1) is 5.41 Å². The van der Waals surface area contributed by atoms with E-state index in [9.17, 15) is 0 Å². The van der Waals surface area contributed by atoms with Gasteiger partial charge < -0.3 is 20.4 Å². The molecule has 23 heavy (non-hydrogen) atoms. The van der Waals surface area contributed by atoms with Gasteiger partial charge in [-0.1, -0.05) is 13.8 Å². The lowest BCUT2D eigenvalue weighted by Crippen LogP contribution is -2.33. The van der Waals surface area contributed by atoms with E-state index < -0.39 is 0 Å². The summed E-state index contributed by atoms with van der Waals surface area (Å²) in [4.78, 5) is 13.9. The zero-order valence-electron chi connectivity index (χ0n) is 14.1. The summed E-state index contributed by atoms with van der Waals surface area (Å²) in [7, 11) is 4.14. The van der Waals surface area contributed by atoms with E-state index in [1.54, 1.807) is 12.4 Å². The van der Waals surface area contributed by atoms with Crippen LogP contribution in [-0.2, 0) is 0 Å². The molecule has 3 N–H and O–H groups in total. The summed E-state index contributed by atoms with van der Waals surface area (Å²) in [5, 5.41) is 1.94. The minimum Gasteiger partial charge on any atom is -0.492 e. The van der Waals surface area contributed by atoms with Gasteiger partial charge in [0.1, 0.15) is 17.2 Å². The maximum absolute atomic E-state index is 6.14. The van der Waals surface area contributed by atoms with Crippen molar-refractivity contribution in [3.05, 3.63) is 24.5 Å². The number of nitrogens with zero attached hydrogens (tertiary/aromatic N) is 3. The standard InChI is InChI=1S/C17H23N5O/c1-17(2,9-22(3)4)10-23-13-5-6-19-16-15(13)11-7-14(18)20-8-12(11)21-16/h5-8H,9-10H2,1-4H3,(H2,18,20)(H,19,21). The van der Waals surface area contributed by atoms with Crippen molar-refractivity contribution in [3.63, 3.8) is 0 Å². The predicted octanol–water partition coefficient (Wildman–Crippen LogP) is 2.66. The Morgan fingerprint density at radius 2 is 2.09 bits per heavy atom. The highest BCUT2D eigenvalue weighted by molar-refractivity contribution is 6.09. The van der Waals surface area contributed by atoms with E-state index in [0.29, 0.717) is 12.4 Å². The second-order valence-electron chi connectivity index (χ2n) is 7.00. The summed E-state index contributed by atoms with van der Waals surface area (Å²) in [5.74, 6) is 1.31. The largest absolute Gasteiger partial charge is 0.492 e. The van der Waals surface area contributed by atoms with Crippen molar-refractivity contribution in [2.45, 2.75) is 13.8 Å². The molecule has 0 atom stereocenters. The molecule has 3 aromatic heterocycles. The third-order valence-electron chi connectivity index (χ3n) is 3.72. The van der Waals surface area contributed by atoms with Crippen LogP contribution in [0.25, 0.3) is 21.9 Å². The summed E-state index contributed by atoms with van der Waals surface area (Å²) in [6, 6.07) is 3.76. The number of hydrogen-bond acceptors (Lipinski definition) is 5. The van der Waals surface area contributed by atoms with Crippen LogP contribution in [0.15, 0.2) is 24.5 Å². The predicted molar refractivity (Wildman–Crippen MR) is 93.6 cm³/mol. The van der Waals surface area contributed by atoms with E-state index in [0.717, 1.165) is 34.2 Å². The average Bonchev–Trinajstić information content (AvgIpc) is 2.82. The molecular formula is C17H23N5O. The van der Waals surface area contributed by atoms with Crippen molar-refractivity contribution in [1.29, 1.82) is 0 Å². The molecule has 0 aliphatic carbocycles. The Labute approximate surface area is 135 Å². The van der Waals surface area contributed by atoms with E-state index in [1.807, 2.05) is 12.1 Å². The van der Waals surface area contributed by atoms with Crippen molar-refractivity contribution in [2.24, 2.45) is 5.41 Å². The van der Waals surface area contributed by atoms with Gasteiger partial charge in [-0.05, 0) is 26.2 Å². The number of nitrogens with one attached hydrogen (secondary N) is 1. The Morgan fingerprint density at radius 3 is 2.83 bits per heavy atom. The maximum atomic E-state index is 6.14. The third-order valence-corrected chi connectivity index (χ3v) is 3.72. The zero-order valence-corrected chi connectivity index (χ0v) is 14.1. The van der Waals surface area contributed by atoms with Gasteiger partial charge in [0.15, 0.2) is 0 Å². The van der Waals surface area contributed by atoms with Gasteiger partial charge in [-0.3, -0.25) is 0 Å². The van der Waals surface area contributed by atoms with Gasteiger partial charge in [-0.25, -0.2) is 9.97 Å². The molecule has 3 aromatic rings. The summed E-state index contributed by atoms with van der Waals surface area (Å²) < 4.78 is 6.14. The highest BCUT2D eigenvalue weighted by Crippen LogP contribution is 2.33. The lowest BCUT2D eigenvalue weighted by Gasteiger charge is -2.28. The Hall–Kier alpha value is -2.34. The number of aromatic amines is 1. The quantitative estimate of drug-likeness (QED) is 0.757. The van der Waals surface area contributed by atoms with Crippen molar-refractivity contribution >= 4 is 27.8 Å². The van der Waals surface area contributed by atoms with Crippen molar-refractivity contribution in [2.75, 3.05) is 33.0 Å². The number of nitrogens with two attached hydrogens (primary N) is 1. The summed E-state index contributed by atoms with van der Waals surface area (Å²) in [6.07, 6.45) is 3.48. The number of hydrogen-bond donors (Lipinski definition) is 2. The lowest BCUT2D eigenvalue weighted by atomic mass is 9.94.